The Bertz CT molecular complexity index is 1300. The molecule has 0 saturated carbocycles. The Morgan fingerprint density at radius 1 is 1.19 bits per heavy atom. The van der Waals surface area contributed by atoms with E-state index >= 15 is 0 Å². The standard InChI is InChI=1S/C27H29ClN2O4S3/c1-5-34-24(31)12-11-21-15(2)29-23(36-21)14-22-27(35)30-19-10-9-16(28)13-18(19)26(37-22)17-7-6-8-20(32-3)25(17)33-4/h6-10,13,22,26H,5,11-12,14H2,1-4H3,(H,30,35)/t22-,26-/m1/s1. The molecular formula is C27H29ClN2O4S3. The molecule has 2 aromatic carbocycles. The molecule has 0 radical (unpaired) electrons. The molecular weight excluding hydrogens is 548 g/mol. The number of thioether (sulfide) groups is 1. The van der Waals surface area contributed by atoms with Crippen LogP contribution < -0.4 is 14.8 Å². The molecule has 0 unspecified atom stereocenters. The van der Waals surface area contributed by atoms with Crippen molar-refractivity contribution < 1.29 is 19.0 Å². The number of anilines is 1. The van der Waals surface area contributed by atoms with Crippen LogP contribution in [0.4, 0.5) is 5.69 Å². The van der Waals surface area contributed by atoms with Crippen LogP contribution in [0.5, 0.6) is 11.5 Å². The van der Waals surface area contributed by atoms with Crippen LogP contribution in [0, 0.1) is 6.92 Å². The summed E-state index contributed by atoms with van der Waals surface area (Å²) in [6.45, 7) is 4.19. The summed E-state index contributed by atoms with van der Waals surface area (Å²) in [6, 6.07) is 11.7. The fourth-order valence-electron chi connectivity index (χ4n) is 4.29. The molecule has 0 saturated heterocycles. The van der Waals surface area contributed by atoms with Crippen molar-refractivity contribution >= 4 is 63.6 Å². The van der Waals surface area contributed by atoms with E-state index in [1.165, 1.54) is 0 Å². The minimum absolute atomic E-state index is 0.0504. The first kappa shape index (κ1) is 27.7. The van der Waals surface area contributed by atoms with Crippen molar-refractivity contribution in [3.05, 3.63) is 68.1 Å². The van der Waals surface area contributed by atoms with Gasteiger partial charge in [0.05, 0.1) is 53.4 Å². The molecule has 1 N–H and O–H groups in total. The monoisotopic (exact) mass is 576 g/mol. The van der Waals surface area contributed by atoms with Crippen molar-refractivity contribution in [2.75, 3.05) is 26.1 Å². The predicted octanol–water partition coefficient (Wildman–Crippen LogP) is 6.80. The second kappa shape index (κ2) is 12.5. The van der Waals surface area contributed by atoms with Gasteiger partial charge in [0.25, 0.3) is 0 Å². The van der Waals surface area contributed by atoms with Gasteiger partial charge in [0.1, 0.15) is 0 Å². The highest BCUT2D eigenvalue weighted by atomic mass is 35.5. The second-order valence-corrected chi connectivity index (χ2v) is 11.8. The zero-order chi connectivity index (χ0) is 26.5. The lowest BCUT2D eigenvalue weighted by Gasteiger charge is -2.23. The van der Waals surface area contributed by atoms with Crippen molar-refractivity contribution in [2.24, 2.45) is 0 Å². The smallest absolute Gasteiger partial charge is 0.306 e. The number of nitrogens with one attached hydrogen (secondary N) is 1. The Balaban J connectivity index is 1.66. The molecule has 1 aliphatic heterocycles. The number of benzene rings is 2. The van der Waals surface area contributed by atoms with Crippen molar-refractivity contribution in [3.8, 4) is 11.5 Å². The number of fused-ring (bicyclic) bond motifs is 1. The van der Waals surface area contributed by atoms with Crippen LogP contribution in [0.3, 0.4) is 0 Å². The maximum Gasteiger partial charge on any atom is 0.306 e. The third-order valence-electron chi connectivity index (χ3n) is 6.02. The van der Waals surface area contributed by atoms with Crippen LogP contribution in [-0.2, 0) is 22.4 Å². The van der Waals surface area contributed by atoms with Gasteiger partial charge in [-0.2, -0.15) is 0 Å². The summed E-state index contributed by atoms with van der Waals surface area (Å²) in [5, 5.41) is 4.93. The molecule has 2 heterocycles. The number of hydrogen-bond acceptors (Lipinski definition) is 8. The van der Waals surface area contributed by atoms with E-state index in [0.29, 0.717) is 42.4 Å². The Hall–Kier alpha value is -2.33. The second-order valence-electron chi connectivity index (χ2n) is 8.43. The van der Waals surface area contributed by atoms with E-state index in [0.717, 1.165) is 37.4 Å². The largest absolute Gasteiger partial charge is 0.493 e. The molecule has 3 aromatic rings. The number of carbonyl (C=O) groups is 1. The lowest BCUT2D eigenvalue weighted by atomic mass is 10.0. The summed E-state index contributed by atoms with van der Waals surface area (Å²) in [5.41, 5.74) is 3.88. The number of hydrogen-bond donors (Lipinski definition) is 1. The molecule has 1 aromatic heterocycles. The third kappa shape index (κ3) is 6.39. The van der Waals surface area contributed by atoms with E-state index in [4.69, 9.17) is 43.0 Å². The number of aromatic nitrogens is 1. The van der Waals surface area contributed by atoms with Crippen LogP contribution >= 0.6 is 46.9 Å². The molecule has 2 atom stereocenters. The highest BCUT2D eigenvalue weighted by Gasteiger charge is 2.33. The van der Waals surface area contributed by atoms with Gasteiger partial charge in [-0.1, -0.05) is 36.0 Å². The highest BCUT2D eigenvalue weighted by molar-refractivity contribution is 8.02. The lowest BCUT2D eigenvalue weighted by molar-refractivity contribution is -0.143. The summed E-state index contributed by atoms with van der Waals surface area (Å²) in [6.07, 6.45) is 1.63. The SMILES string of the molecule is CCOC(=O)CCc1sc(C[C@H]2S[C@H](c3cccc(OC)c3OC)c3cc(Cl)ccc3NC2=S)nc1C. The molecule has 0 bridgehead atoms. The van der Waals surface area contributed by atoms with Gasteiger partial charge < -0.3 is 19.5 Å². The highest BCUT2D eigenvalue weighted by Crippen LogP contribution is 2.50. The fraction of sp³-hybridized carbons (Fsp3) is 0.370. The van der Waals surface area contributed by atoms with Gasteiger partial charge in [0.2, 0.25) is 0 Å². The predicted molar refractivity (Wildman–Crippen MR) is 156 cm³/mol. The number of thiazole rings is 1. The average molecular weight is 577 g/mol. The Morgan fingerprint density at radius 2 is 2.00 bits per heavy atom. The number of para-hydroxylation sites is 1. The quantitative estimate of drug-likeness (QED) is 0.220. The summed E-state index contributed by atoms with van der Waals surface area (Å²) in [5.74, 6) is 1.17. The van der Waals surface area contributed by atoms with Crippen LogP contribution in [0.15, 0.2) is 36.4 Å². The number of thiocarbonyl (C=S) groups is 1. The Morgan fingerprint density at radius 3 is 2.73 bits per heavy atom. The summed E-state index contributed by atoms with van der Waals surface area (Å²) < 4.78 is 16.5. The fourth-order valence-corrected chi connectivity index (χ4v) is 7.49. The first-order chi connectivity index (χ1) is 17.8. The zero-order valence-corrected chi connectivity index (χ0v) is 24.3. The molecule has 0 fully saturated rings. The minimum atomic E-state index is -0.187. The van der Waals surface area contributed by atoms with Crippen LogP contribution in [0.1, 0.15) is 45.3 Å². The van der Waals surface area contributed by atoms with Crippen molar-refractivity contribution in [1.82, 2.24) is 4.98 Å². The minimum Gasteiger partial charge on any atom is -0.493 e. The van der Waals surface area contributed by atoms with Gasteiger partial charge in [-0.05, 0) is 50.1 Å². The molecule has 0 spiro atoms. The van der Waals surface area contributed by atoms with E-state index in [2.05, 4.69) is 11.4 Å². The molecule has 0 aliphatic carbocycles. The number of halogens is 1. The molecule has 37 heavy (non-hydrogen) atoms. The van der Waals surface area contributed by atoms with Crippen molar-refractivity contribution in [2.45, 2.75) is 43.6 Å². The molecule has 196 valence electrons. The maximum atomic E-state index is 11.8. The summed E-state index contributed by atoms with van der Waals surface area (Å²) >= 11 is 15.7. The third-order valence-corrected chi connectivity index (χ3v) is 9.54. The van der Waals surface area contributed by atoms with E-state index in [1.54, 1.807) is 37.3 Å². The first-order valence-electron chi connectivity index (χ1n) is 11.9. The van der Waals surface area contributed by atoms with Crippen LogP contribution in [-0.4, -0.2) is 42.0 Å². The molecule has 0 amide bonds. The number of nitrogens with zero attached hydrogens (tertiary/aromatic N) is 1. The van der Waals surface area contributed by atoms with E-state index < -0.39 is 0 Å². The number of rotatable bonds is 9. The van der Waals surface area contributed by atoms with Gasteiger partial charge in [-0.25, -0.2) is 4.98 Å². The number of aryl methyl sites for hydroxylation is 2. The summed E-state index contributed by atoms with van der Waals surface area (Å²) in [4.78, 5) is 18.5. The first-order valence-corrected chi connectivity index (χ1v) is 14.5. The molecule has 6 nitrogen and oxygen atoms in total. The van der Waals surface area contributed by atoms with Gasteiger partial charge in [0, 0.05) is 27.6 Å². The van der Waals surface area contributed by atoms with Crippen molar-refractivity contribution in [1.29, 1.82) is 0 Å². The van der Waals surface area contributed by atoms with Gasteiger partial charge in [0.15, 0.2) is 11.5 Å². The van der Waals surface area contributed by atoms with Crippen molar-refractivity contribution in [3.63, 3.8) is 0 Å². The zero-order valence-electron chi connectivity index (χ0n) is 21.1. The molecule has 1 aliphatic rings. The topological polar surface area (TPSA) is 69.7 Å². The van der Waals surface area contributed by atoms with Gasteiger partial charge >= 0.3 is 5.97 Å². The Kier molecular flexibility index (Phi) is 9.34. The van der Waals surface area contributed by atoms with E-state index in [-0.39, 0.29) is 16.5 Å². The number of esters is 1. The molecule has 4 rings (SSSR count). The van der Waals surface area contributed by atoms with Crippen LogP contribution in [0.25, 0.3) is 0 Å². The maximum absolute atomic E-state index is 11.8. The van der Waals surface area contributed by atoms with Crippen LogP contribution in [0.2, 0.25) is 5.02 Å². The van der Waals surface area contributed by atoms with E-state index in [9.17, 15) is 4.79 Å². The number of carbonyl (C=O) groups excluding carboxylic acids is 1. The van der Waals surface area contributed by atoms with Gasteiger partial charge in [-0.15, -0.1) is 23.1 Å². The number of ether oxygens (including phenoxy) is 3. The Labute approximate surface area is 236 Å². The van der Waals surface area contributed by atoms with E-state index in [1.807, 2.05) is 44.2 Å². The summed E-state index contributed by atoms with van der Waals surface area (Å²) in [7, 11) is 3.29. The average Bonchev–Trinajstić information content (AvgIpc) is 3.17. The normalized spacial score (nSPS) is 16.9. The molecule has 10 heteroatoms. The number of methoxy groups -OCH3 is 2. The lowest BCUT2D eigenvalue weighted by Crippen LogP contribution is -2.24. The van der Waals surface area contributed by atoms with Gasteiger partial charge in [-0.3, -0.25) is 4.79 Å².